The summed E-state index contributed by atoms with van der Waals surface area (Å²) in [7, 11) is 0. The molecule has 0 atom stereocenters. The van der Waals surface area contributed by atoms with E-state index in [0.29, 0.717) is 0 Å². The SMILES string of the molecule is CCCNCCCOc1ccc(Cl)cc1. The predicted octanol–water partition coefficient (Wildman–Crippen LogP) is 3.11. The highest BCUT2D eigenvalue weighted by Crippen LogP contribution is 2.15. The molecular formula is C12H18ClNO. The smallest absolute Gasteiger partial charge is 0.119 e. The maximum Gasteiger partial charge on any atom is 0.119 e. The van der Waals surface area contributed by atoms with Crippen molar-refractivity contribution in [1.82, 2.24) is 5.32 Å². The molecule has 0 aliphatic carbocycles. The van der Waals surface area contributed by atoms with E-state index in [4.69, 9.17) is 16.3 Å². The molecule has 15 heavy (non-hydrogen) atoms. The van der Waals surface area contributed by atoms with Crippen molar-refractivity contribution in [3.8, 4) is 5.75 Å². The average Bonchev–Trinajstić information content (AvgIpc) is 2.26. The van der Waals surface area contributed by atoms with Crippen molar-refractivity contribution >= 4 is 11.6 Å². The maximum absolute atomic E-state index is 5.76. The minimum atomic E-state index is 0.743. The lowest BCUT2D eigenvalue weighted by Gasteiger charge is -2.06. The van der Waals surface area contributed by atoms with Gasteiger partial charge in [-0.2, -0.15) is 0 Å². The Hall–Kier alpha value is -0.730. The summed E-state index contributed by atoms with van der Waals surface area (Å²) in [4.78, 5) is 0. The van der Waals surface area contributed by atoms with E-state index in [1.807, 2.05) is 24.3 Å². The molecule has 0 heterocycles. The summed E-state index contributed by atoms with van der Waals surface area (Å²) in [6, 6.07) is 7.46. The summed E-state index contributed by atoms with van der Waals surface area (Å²) in [5.74, 6) is 0.884. The van der Waals surface area contributed by atoms with Crippen LogP contribution in [0.2, 0.25) is 5.02 Å². The Labute approximate surface area is 96.6 Å². The Kier molecular flexibility index (Phi) is 6.21. The van der Waals surface area contributed by atoms with Gasteiger partial charge in [0.2, 0.25) is 0 Å². The minimum Gasteiger partial charge on any atom is -0.494 e. The van der Waals surface area contributed by atoms with Crippen LogP contribution in [0.15, 0.2) is 24.3 Å². The summed E-state index contributed by atoms with van der Waals surface area (Å²) in [5.41, 5.74) is 0. The van der Waals surface area contributed by atoms with E-state index in [0.717, 1.165) is 36.9 Å². The number of ether oxygens (including phenoxy) is 1. The normalized spacial score (nSPS) is 10.3. The van der Waals surface area contributed by atoms with E-state index < -0.39 is 0 Å². The number of hydrogen-bond acceptors (Lipinski definition) is 2. The van der Waals surface area contributed by atoms with E-state index >= 15 is 0 Å². The largest absolute Gasteiger partial charge is 0.494 e. The Morgan fingerprint density at radius 2 is 1.93 bits per heavy atom. The molecule has 0 aromatic heterocycles. The summed E-state index contributed by atoms with van der Waals surface area (Å²) in [6.07, 6.45) is 2.21. The van der Waals surface area contributed by atoms with E-state index in [1.54, 1.807) is 0 Å². The van der Waals surface area contributed by atoms with Crippen LogP contribution in [0.3, 0.4) is 0 Å². The molecule has 1 aromatic rings. The topological polar surface area (TPSA) is 21.3 Å². The standard InChI is InChI=1S/C12H18ClNO/c1-2-8-14-9-3-10-15-12-6-4-11(13)5-7-12/h4-7,14H,2-3,8-10H2,1H3. The predicted molar refractivity (Wildman–Crippen MR) is 64.7 cm³/mol. The van der Waals surface area contributed by atoms with Crippen molar-refractivity contribution in [1.29, 1.82) is 0 Å². The van der Waals surface area contributed by atoms with Gasteiger partial charge in [-0.1, -0.05) is 18.5 Å². The quantitative estimate of drug-likeness (QED) is 0.723. The van der Waals surface area contributed by atoms with Gasteiger partial charge in [-0.15, -0.1) is 0 Å². The zero-order chi connectivity index (χ0) is 10.9. The van der Waals surface area contributed by atoms with Crippen LogP contribution >= 0.6 is 11.6 Å². The zero-order valence-corrected chi connectivity index (χ0v) is 9.89. The molecule has 1 N–H and O–H groups in total. The van der Waals surface area contributed by atoms with Gasteiger partial charge in [0.15, 0.2) is 0 Å². The molecule has 0 saturated carbocycles. The van der Waals surface area contributed by atoms with Crippen molar-refractivity contribution < 1.29 is 4.74 Å². The maximum atomic E-state index is 5.76. The van der Waals surface area contributed by atoms with Crippen molar-refractivity contribution in [3.63, 3.8) is 0 Å². The van der Waals surface area contributed by atoms with Gasteiger partial charge in [0.25, 0.3) is 0 Å². The molecule has 0 aliphatic rings. The van der Waals surface area contributed by atoms with Gasteiger partial charge < -0.3 is 10.1 Å². The first kappa shape index (κ1) is 12.3. The lowest BCUT2D eigenvalue weighted by atomic mass is 10.3. The molecule has 84 valence electrons. The monoisotopic (exact) mass is 227 g/mol. The van der Waals surface area contributed by atoms with Crippen LogP contribution < -0.4 is 10.1 Å². The summed E-state index contributed by atoms with van der Waals surface area (Å²) in [6.45, 7) is 5.01. The highest BCUT2D eigenvalue weighted by atomic mass is 35.5. The fraction of sp³-hybridized carbons (Fsp3) is 0.500. The highest BCUT2D eigenvalue weighted by molar-refractivity contribution is 6.30. The van der Waals surface area contributed by atoms with Crippen molar-refractivity contribution in [2.24, 2.45) is 0 Å². The highest BCUT2D eigenvalue weighted by Gasteiger charge is 1.93. The molecule has 0 saturated heterocycles. The van der Waals surface area contributed by atoms with E-state index in [1.165, 1.54) is 6.42 Å². The Balaban J connectivity index is 2.07. The van der Waals surface area contributed by atoms with Gasteiger partial charge in [0.1, 0.15) is 5.75 Å². The molecule has 2 nitrogen and oxygen atoms in total. The number of nitrogens with one attached hydrogen (secondary N) is 1. The van der Waals surface area contributed by atoms with Crippen molar-refractivity contribution in [2.75, 3.05) is 19.7 Å². The molecule has 0 bridgehead atoms. The van der Waals surface area contributed by atoms with E-state index in [-0.39, 0.29) is 0 Å². The van der Waals surface area contributed by atoms with Gasteiger partial charge in [-0.3, -0.25) is 0 Å². The minimum absolute atomic E-state index is 0.743. The number of benzene rings is 1. The lowest BCUT2D eigenvalue weighted by molar-refractivity contribution is 0.308. The summed E-state index contributed by atoms with van der Waals surface area (Å²) < 4.78 is 5.54. The first-order chi connectivity index (χ1) is 7.33. The van der Waals surface area contributed by atoms with Crippen molar-refractivity contribution in [3.05, 3.63) is 29.3 Å². The summed E-state index contributed by atoms with van der Waals surface area (Å²) >= 11 is 5.76. The van der Waals surface area contributed by atoms with E-state index in [2.05, 4.69) is 12.2 Å². The third-order valence-corrected chi connectivity index (χ3v) is 2.26. The first-order valence-electron chi connectivity index (χ1n) is 5.42. The van der Waals surface area contributed by atoms with Gasteiger partial charge in [-0.05, 0) is 50.2 Å². The second-order valence-electron chi connectivity index (χ2n) is 3.41. The van der Waals surface area contributed by atoms with Crippen LogP contribution in [0.25, 0.3) is 0 Å². The molecule has 0 fully saturated rings. The molecule has 1 aromatic carbocycles. The molecular weight excluding hydrogens is 210 g/mol. The second kappa shape index (κ2) is 7.55. The Morgan fingerprint density at radius 1 is 1.20 bits per heavy atom. The van der Waals surface area contributed by atoms with Crippen LogP contribution in [-0.2, 0) is 0 Å². The second-order valence-corrected chi connectivity index (χ2v) is 3.84. The van der Waals surface area contributed by atoms with Gasteiger partial charge >= 0.3 is 0 Å². The molecule has 0 unspecified atom stereocenters. The number of halogens is 1. The Bertz CT molecular complexity index is 261. The van der Waals surface area contributed by atoms with Crippen LogP contribution in [0.5, 0.6) is 5.75 Å². The molecule has 1 rings (SSSR count). The van der Waals surface area contributed by atoms with Crippen molar-refractivity contribution in [2.45, 2.75) is 19.8 Å². The van der Waals surface area contributed by atoms with Gasteiger partial charge in [0.05, 0.1) is 6.61 Å². The number of hydrogen-bond donors (Lipinski definition) is 1. The third kappa shape index (κ3) is 5.65. The van der Waals surface area contributed by atoms with Crippen LogP contribution in [-0.4, -0.2) is 19.7 Å². The lowest BCUT2D eigenvalue weighted by Crippen LogP contribution is -2.17. The zero-order valence-electron chi connectivity index (χ0n) is 9.13. The molecule has 0 spiro atoms. The molecule has 0 radical (unpaired) electrons. The van der Waals surface area contributed by atoms with Gasteiger partial charge in [0, 0.05) is 5.02 Å². The van der Waals surface area contributed by atoms with Crippen LogP contribution in [0.4, 0.5) is 0 Å². The van der Waals surface area contributed by atoms with Crippen LogP contribution in [0, 0.1) is 0 Å². The fourth-order valence-corrected chi connectivity index (χ4v) is 1.35. The average molecular weight is 228 g/mol. The number of rotatable bonds is 7. The molecule has 3 heteroatoms. The van der Waals surface area contributed by atoms with Crippen LogP contribution in [0.1, 0.15) is 19.8 Å². The Morgan fingerprint density at radius 3 is 2.60 bits per heavy atom. The third-order valence-electron chi connectivity index (χ3n) is 2.01. The van der Waals surface area contributed by atoms with Gasteiger partial charge in [-0.25, -0.2) is 0 Å². The summed E-state index contributed by atoms with van der Waals surface area (Å²) in [5, 5.41) is 4.07. The fourth-order valence-electron chi connectivity index (χ4n) is 1.22. The molecule has 0 aliphatic heterocycles. The van der Waals surface area contributed by atoms with E-state index in [9.17, 15) is 0 Å². The first-order valence-corrected chi connectivity index (χ1v) is 5.80. The molecule has 0 amide bonds.